The first kappa shape index (κ1) is 9.84. The molecule has 13 heavy (non-hydrogen) atoms. The van der Waals surface area contributed by atoms with E-state index in [0.29, 0.717) is 0 Å². The van der Waals surface area contributed by atoms with E-state index in [0.717, 1.165) is 25.0 Å². The lowest BCUT2D eigenvalue weighted by Gasteiger charge is -2.06. The van der Waals surface area contributed by atoms with Crippen molar-refractivity contribution in [2.45, 2.75) is 26.2 Å². The predicted molar refractivity (Wildman–Crippen MR) is 51.7 cm³/mol. The molecule has 3 nitrogen and oxygen atoms in total. The summed E-state index contributed by atoms with van der Waals surface area (Å²) in [6, 6.07) is 2.76. The van der Waals surface area contributed by atoms with Crippen LogP contribution in [-0.4, -0.2) is 9.67 Å². The normalized spacial score (nSPS) is 10.3. The highest BCUT2D eigenvalue weighted by atomic mass is 16.3. The number of pyridine rings is 1. The van der Waals surface area contributed by atoms with Crippen molar-refractivity contribution in [3.8, 4) is 5.75 Å². The average Bonchev–Trinajstić information content (AvgIpc) is 2.09. The van der Waals surface area contributed by atoms with Gasteiger partial charge in [-0.15, -0.1) is 0 Å². The number of nitrogens with zero attached hydrogens (tertiary/aromatic N) is 1. The first-order valence-electron chi connectivity index (χ1n) is 4.41. The zero-order valence-corrected chi connectivity index (χ0v) is 7.79. The minimum Gasteiger partial charge on any atom is -0.508 e. The smallest absolute Gasteiger partial charge is 0.254 e. The van der Waals surface area contributed by atoms with Gasteiger partial charge in [0, 0.05) is 18.8 Å². The Hall–Kier alpha value is -1.25. The zero-order chi connectivity index (χ0) is 9.84. The van der Waals surface area contributed by atoms with Crippen molar-refractivity contribution in [1.29, 1.82) is 0 Å². The third-order valence-corrected chi connectivity index (χ3v) is 1.99. The van der Waals surface area contributed by atoms with Crippen LogP contribution >= 0.6 is 0 Å². The van der Waals surface area contributed by atoms with Gasteiger partial charge in [0.05, 0.1) is 0 Å². The molecule has 1 radical (unpaired) electrons. The molecule has 0 bridgehead atoms. The highest BCUT2D eigenvalue weighted by Crippen LogP contribution is 2.09. The molecule has 0 aliphatic carbocycles. The van der Waals surface area contributed by atoms with Gasteiger partial charge in [-0.2, -0.15) is 0 Å². The SMILES string of the molecule is [CH2]n1c(CCCC)cc(O)cc1=O. The largest absolute Gasteiger partial charge is 0.508 e. The number of hydrogen-bond acceptors (Lipinski definition) is 2. The van der Waals surface area contributed by atoms with Crippen molar-refractivity contribution in [2.75, 3.05) is 0 Å². The molecule has 1 aromatic heterocycles. The van der Waals surface area contributed by atoms with Crippen molar-refractivity contribution >= 4 is 0 Å². The first-order valence-corrected chi connectivity index (χ1v) is 4.41. The number of hydrogen-bond donors (Lipinski definition) is 1. The van der Waals surface area contributed by atoms with E-state index in [1.165, 1.54) is 10.6 Å². The minimum absolute atomic E-state index is 0.0241. The van der Waals surface area contributed by atoms with Crippen LogP contribution in [0.4, 0.5) is 0 Å². The maximum Gasteiger partial charge on any atom is 0.254 e. The molecule has 71 valence electrons. The summed E-state index contributed by atoms with van der Waals surface area (Å²) in [4.78, 5) is 11.2. The molecule has 0 aliphatic heterocycles. The highest BCUT2D eigenvalue weighted by molar-refractivity contribution is 5.22. The Labute approximate surface area is 77.6 Å². The van der Waals surface area contributed by atoms with Crippen LogP contribution in [0.25, 0.3) is 0 Å². The molecule has 1 rings (SSSR count). The molecule has 0 saturated carbocycles. The lowest BCUT2D eigenvalue weighted by molar-refractivity contribution is 0.471. The molecule has 0 fully saturated rings. The fourth-order valence-electron chi connectivity index (χ4n) is 1.20. The second-order valence-corrected chi connectivity index (χ2v) is 3.07. The van der Waals surface area contributed by atoms with Crippen LogP contribution in [-0.2, 0) is 6.42 Å². The standard InChI is InChI=1S/C10H14NO2/c1-3-4-5-8-6-9(12)7-10(13)11(8)2/h6-7,12H,2-5H2,1H3. The Morgan fingerprint density at radius 2 is 2.23 bits per heavy atom. The van der Waals surface area contributed by atoms with Crippen molar-refractivity contribution in [2.24, 2.45) is 0 Å². The van der Waals surface area contributed by atoms with Crippen molar-refractivity contribution < 1.29 is 5.11 Å². The third kappa shape index (κ3) is 2.34. The molecule has 0 atom stereocenters. The van der Waals surface area contributed by atoms with E-state index in [2.05, 4.69) is 14.0 Å². The predicted octanol–water partition coefficient (Wildman–Crippen LogP) is 1.54. The number of aryl methyl sites for hydroxylation is 1. The van der Waals surface area contributed by atoms with Crippen molar-refractivity contribution in [3.05, 3.63) is 35.2 Å². The average molecular weight is 180 g/mol. The summed E-state index contributed by atoms with van der Waals surface area (Å²) in [6.45, 7) is 2.08. The van der Waals surface area contributed by atoms with Crippen LogP contribution < -0.4 is 5.56 Å². The van der Waals surface area contributed by atoms with E-state index < -0.39 is 0 Å². The number of unbranched alkanes of at least 4 members (excludes halogenated alkanes) is 1. The van der Waals surface area contributed by atoms with Crippen LogP contribution in [0.5, 0.6) is 5.75 Å². The van der Waals surface area contributed by atoms with Crippen LogP contribution in [0.1, 0.15) is 25.5 Å². The summed E-state index contributed by atoms with van der Waals surface area (Å²) in [6.07, 6.45) is 2.84. The van der Waals surface area contributed by atoms with Crippen LogP contribution in [0.2, 0.25) is 0 Å². The molecule has 0 amide bonds. The van der Waals surface area contributed by atoms with Crippen LogP contribution in [0, 0.1) is 7.05 Å². The summed E-state index contributed by atoms with van der Waals surface area (Å²) in [5, 5.41) is 9.18. The zero-order valence-electron chi connectivity index (χ0n) is 7.79. The van der Waals surface area contributed by atoms with Crippen molar-refractivity contribution in [3.63, 3.8) is 0 Å². The Bertz CT molecular complexity index is 341. The number of aromatic nitrogens is 1. The van der Waals surface area contributed by atoms with Gasteiger partial charge in [0.15, 0.2) is 0 Å². The Morgan fingerprint density at radius 1 is 1.54 bits per heavy atom. The van der Waals surface area contributed by atoms with Gasteiger partial charge in [0.2, 0.25) is 0 Å². The van der Waals surface area contributed by atoms with Gasteiger partial charge in [0.1, 0.15) is 5.75 Å². The topological polar surface area (TPSA) is 42.2 Å². The van der Waals surface area contributed by atoms with Gasteiger partial charge >= 0.3 is 0 Å². The van der Waals surface area contributed by atoms with Gasteiger partial charge in [-0.3, -0.25) is 4.79 Å². The maximum atomic E-state index is 11.2. The van der Waals surface area contributed by atoms with Crippen LogP contribution in [0.15, 0.2) is 16.9 Å². The summed E-state index contributed by atoms with van der Waals surface area (Å²) >= 11 is 0. The van der Waals surface area contributed by atoms with Crippen LogP contribution in [0.3, 0.4) is 0 Å². The molecule has 1 aromatic rings. The van der Waals surface area contributed by atoms with Crippen molar-refractivity contribution in [1.82, 2.24) is 4.57 Å². The number of rotatable bonds is 3. The van der Waals surface area contributed by atoms with E-state index in [-0.39, 0.29) is 11.3 Å². The molecular formula is C10H14NO2. The second-order valence-electron chi connectivity index (χ2n) is 3.07. The van der Waals surface area contributed by atoms with Gasteiger partial charge in [-0.1, -0.05) is 13.3 Å². The lowest BCUT2D eigenvalue weighted by Crippen LogP contribution is -2.17. The van der Waals surface area contributed by atoms with Gasteiger partial charge in [-0.05, 0) is 18.9 Å². The Kier molecular flexibility index (Phi) is 3.12. The molecule has 0 saturated heterocycles. The van der Waals surface area contributed by atoms with E-state index >= 15 is 0 Å². The fourth-order valence-corrected chi connectivity index (χ4v) is 1.20. The molecule has 1 N–H and O–H groups in total. The molecule has 3 heteroatoms. The molecule has 0 aliphatic rings. The first-order chi connectivity index (χ1) is 6.15. The summed E-state index contributed by atoms with van der Waals surface area (Å²) < 4.78 is 1.33. The van der Waals surface area contributed by atoms with E-state index in [4.69, 9.17) is 0 Å². The second kappa shape index (κ2) is 4.12. The van der Waals surface area contributed by atoms with Gasteiger partial charge < -0.3 is 9.67 Å². The highest BCUT2D eigenvalue weighted by Gasteiger charge is 2.01. The summed E-state index contributed by atoms with van der Waals surface area (Å²) in [5.41, 5.74) is 0.526. The summed E-state index contributed by atoms with van der Waals surface area (Å²) in [5.74, 6) is 0.0241. The monoisotopic (exact) mass is 180 g/mol. The Morgan fingerprint density at radius 3 is 2.85 bits per heavy atom. The van der Waals surface area contributed by atoms with Gasteiger partial charge in [0.25, 0.3) is 5.56 Å². The Balaban J connectivity index is 2.99. The molecular weight excluding hydrogens is 166 g/mol. The maximum absolute atomic E-state index is 11.2. The van der Waals surface area contributed by atoms with E-state index in [1.807, 2.05) is 0 Å². The van der Waals surface area contributed by atoms with Gasteiger partial charge in [-0.25, -0.2) is 0 Å². The van der Waals surface area contributed by atoms with E-state index in [9.17, 15) is 9.90 Å². The third-order valence-electron chi connectivity index (χ3n) is 1.99. The van der Waals surface area contributed by atoms with E-state index in [1.54, 1.807) is 6.07 Å². The minimum atomic E-state index is -0.258. The summed E-state index contributed by atoms with van der Waals surface area (Å²) in [7, 11) is 3.61. The quantitative estimate of drug-likeness (QED) is 0.766. The molecule has 0 spiro atoms. The lowest BCUT2D eigenvalue weighted by atomic mass is 10.2. The molecule has 1 heterocycles. The number of aromatic hydroxyl groups is 1. The fraction of sp³-hybridized carbons (Fsp3) is 0.400. The molecule has 0 aromatic carbocycles. The molecule has 0 unspecified atom stereocenters.